The highest BCUT2D eigenvalue weighted by Gasteiger charge is 2.71. The Morgan fingerprint density at radius 3 is 1.90 bits per heavy atom. The fourth-order valence-electron chi connectivity index (χ4n) is 1.36. The quantitative estimate of drug-likeness (QED) is 0.734. The number of rotatable bonds is 4. The largest absolute Gasteiger partial charge is 0.430 e. The molecule has 120 valence electrons. The smallest absolute Gasteiger partial charge is 0.369 e. The number of aliphatic hydroxyl groups is 1. The van der Waals surface area contributed by atoms with Gasteiger partial charge in [0.25, 0.3) is 5.60 Å². The van der Waals surface area contributed by atoms with Gasteiger partial charge in [-0.05, 0) is 6.92 Å². The maximum atomic E-state index is 12.6. The van der Waals surface area contributed by atoms with E-state index in [9.17, 15) is 26.3 Å². The average Bonchev–Trinajstić information content (AvgIpc) is 2.35. The number of halogens is 6. The number of aromatic nitrogens is 2. The highest BCUT2D eigenvalue weighted by Crippen LogP contribution is 2.49. The third kappa shape index (κ3) is 3.35. The second-order valence-corrected chi connectivity index (χ2v) is 4.28. The van der Waals surface area contributed by atoms with E-state index in [4.69, 9.17) is 10.8 Å². The van der Waals surface area contributed by atoms with Crippen LogP contribution in [0.1, 0.15) is 12.5 Å². The van der Waals surface area contributed by atoms with Gasteiger partial charge < -0.3 is 16.2 Å². The molecule has 0 saturated heterocycles. The van der Waals surface area contributed by atoms with E-state index in [1.54, 1.807) is 6.92 Å². The molecule has 11 heteroatoms. The van der Waals surface area contributed by atoms with Crippen LogP contribution in [-0.4, -0.2) is 40.0 Å². The summed E-state index contributed by atoms with van der Waals surface area (Å²) in [6.07, 6.45) is -11.4. The topological polar surface area (TPSA) is 84.1 Å². The van der Waals surface area contributed by atoms with Gasteiger partial charge in [0.15, 0.2) is 0 Å². The van der Waals surface area contributed by atoms with E-state index in [0.29, 0.717) is 0 Å². The molecule has 1 aromatic rings. The van der Waals surface area contributed by atoms with Crippen molar-refractivity contribution in [2.24, 2.45) is 5.73 Å². The molecule has 0 saturated carbocycles. The van der Waals surface area contributed by atoms with Crippen LogP contribution in [0.3, 0.4) is 0 Å². The van der Waals surface area contributed by atoms with Crippen LogP contribution in [0.15, 0.2) is 12.4 Å². The maximum Gasteiger partial charge on any atom is 0.430 e. The fraction of sp³-hybridized carbons (Fsp3) is 0.600. The molecule has 21 heavy (non-hydrogen) atoms. The van der Waals surface area contributed by atoms with Gasteiger partial charge in [-0.2, -0.15) is 26.3 Å². The number of nitrogens with one attached hydrogen (secondary N) is 1. The summed E-state index contributed by atoms with van der Waals surface area (Å²) >= 11 is 0. The summed E-state index contributed by atoms with van der Waals surface area (Å²) in [4.78, 5) is 6.64. The first-order valence-electron chi connectivity index (χ1n) is 5.58. The first kappa shape index (κ1) is 17.4. The fourth-order valence-corrected chi connectivity index (χ4v) is 1.36. The summed E-state index contributed by atoms with van der Waals surface area (Å²) < 4.78 is 75.6. The first-order valence-corrected chi connectivity index (χ1v) is 5.58. The molecule has 5 nitrogen and oxygen atoms in total. The van der Waals surface area contributed by atoms with Crippen molar-refractivity contribution in [3.8, 4) is 0 Å². The molecule has 0 bridgehead atoms. The number of hydrogen-bond donors (Lipinski definition) is 3. The highest BCUT2D eigenvalue weighted by atomic mass is 19.4. The Labute approximate surface area is 115 Å². The van der Waals surface area contributed by atoms with Crippen LogP contribution in [0, 0.1) is 0 Å². The van der Waals surface area contributed by atoms with Crippen LogP contribution in [0.25, 0.3) is 0 Å². The lowest BCUT2D eigenvalue weighted by molar-refractivity contribution is -0.376. The molecule has 1 unspecified atom stereocenters. The number of nitrogens with zero attached hydrogens (tertiary/aromatic N) is 2. The summed E-state index contributed by atoms with van der Waals surface area (Å²) in [6, 6.07) is -0.333. The second-order valence-electron chi connectivity index (χ2n) is 4.28. The molecular weight excluding hydrogens is 306 g/mol. The predicted octanol–water partition coefficient (Wildman–Crippen LogP) is 1.55. The number of nitrogens with two attached hydrogens (primary N) is 1. The lowest BCUT2D eigenvalue weighted by atomic mass is 9.95. The van der Waals surface area contributed by atoms with Crippen molar-refractivity contribution in [3.63, 3.8) is 0 Å². The Kier molecular flexibility index (Phi) is 4.68. The zero-order valence-corrected chi connectivity index (χ0v) is 10.6. The van der Waals surface area contributed by atoms with E-state index in [1.165, 1.54) is 0 Å². The van der Waals surface area contributed by atoms with Gasteiger partial charge in [0, 0.05) is 30.5 Å². The molecule has 0 aliphatic carbocycles. The zero-order valence-electron chi connectivity index (χ0n) is 10.6. The summed E-state index contributed by atoms with van der Waals surface area (Å²) in [7, 11) is 0. The predicted molar refractivity (Wildman–Crippen MR) is 60.2 cm³/mol. The van der Waals surface area contributed by atoms with Gasteiger partial charge in [-0.15, -0.1) is 0 Å². The second kappa shape index (κ2) is 5.64. The van der Waals surface area contributed by atoms with Crippen LogP contribution >= 0.6 is 0 Å². The van der Waals surface area contributed by atoms with Crippen molar-refractivity contribution in [2.75, 3.05) is 11.9 Å². The molecule has 0 radical (unpaired) electrons. The normalized spacial score (nSPS) is 14.9. The van der Waals surface area contributed by atoms with Crippen molar-refractivity contribution in [3.05, 3.63) is 18.0 Å². The molecule has 0 amide bonds. The molecule has 0 fully saturated rings. The lowest BCUT2D eigenvalue weighted by Crippen LogP contribution is -2.54. The minimum atomic E-state index is -5.96. The van der Waals surface area contributed by atoms with Crippen molar-refractivity contribution in [2.45, 2.75) is 30.9 Å². The Morgan fingerprint density at radius 1 is 1.14 bits per heavy atom. The molecule has 1 aromatic heterocycles. The third-order valence-corrected chi connectivity index (χ3v) is 2.62. The maximum absolute atomic E-state index is 12.6. The minimum Gasteiger partial charge on any atom is -0.369 e. The molecule has 4 N–H and O–H groups in total. The van der Waals surface area contributed by atoms with E-state index in [0.717, 1.165) is 0 Å². The molecule has 0 aliphatic rings. The number of alkyl halides is 6. The summed E-state index contributed by atoms with van der Waals surface area (Å²) in [6.45, 7) is 1.76. The average molecular weight is 318 g/mol. The SMILES string of the molecule is CC(CN)Nc1ncc(C(O)(C(F)(F)F)C(F)(F)F)cn1. The van der Waals surface area contributed by atoms with E-state index in [1.807, 2.05) is 0 Å². The zero-order chi connectivity index (χ0) is 16.5. The van der Waals surface area contributed by atoms with E-state index >= 15 is 0 Å². The minimum absolute atomic E-state index is 0.153. The van der Waals surface area contributed by atoms with Gasteiger partial charge in [-0.25, -0.2) is 9.97 Å². The molecule has 1 rings (SSSR count). The molecule has 0 aliphatic heterocycles. The van der Waals surface area contributed by atoms with Crippen molar-refractivity contribution in [1.82, 2.24) is 9.97 Å². The van der Waals surface area contributed by atoms with Gasteiger partial charge in [-0.1, -0.05) is 0 Å². The monoisotopic (exact) mass is 318 g/mol. The molecule has 0 aromatic carbocycles. The third-order valence-electron chi connectivity index (χ3n) is 2.62. The molecule has 1 atom stereocenters. The number of anilines is 1. The lowest BCUT2D eigenvalue weighted by Gasteiger charge is -2.32. The molecule has 1 heterocycles. The van der Waals surface area contributed by atoms with Gasteiger partial charge in [0.2, 0.25) is 5.95 Å². The highest BCUT2D eigenvalue weighted by molar-refractivity contribution is 5.29. The van der Waals surface area contributed by atoms with Crippen molar-refractivity contribution >= 4 is 5.95 Å². The van der Waals surface area contributed by atoms with Crippen LogP contribution in [-0.2, 0) is 5.60 Å². The van der Waals surface area contributed by atoms with Gasteiger partial charge in [-0.3, -0.25) is 0 Å². The van der Waals surface area contributed by atoms with Crippen molar-refractivity contribution < 1.29 is 31.4 Å². The van der Waals surface area contributed by atoms with Crippen LogP contribution in [0.4, 0.5) is 32.3 Å². The molecular formula is C10H12F6N4O. The van der Waals surface area contributed by atoms with Gasteiger partial charge in [0.1, 0.15) is 0 Å². The summed E-state index contributed by atoms with van der Waals surface area (Å²) in [5.74, 6) is -0.205. The van der Waals surface area contributed by atoms with Gasteiger partial charge >= 0.3 is 12.4 Å². The Morgan fingerprint density at radius 2 is 1.57 bits per heavy atom. The standard InChI is InChI=1S/C10H12F6N4O/c1-5(2-17)20-7-18-3-6(4-19-7)8(21,9(11,12)13)10(14,15)16/h3-5,21H,2,17H2,1H3,(H,18,19,20). The van der Waals surface area contributed by atoms with Gasteiger partial charge in [0.05, 0.1) is 0 Å². The van der Waals surface area contributed by atoms with Crippen molar-refractivity contribution in [1.29, 1.82) is 0 Å². The van der Waals surface area contributed by atoms with Crippen LogP contribution in [0.2, 0.25) is 0 Å². The van der Waals surface area contributed by atoms with Crippen LogP contribution < -0.4 is 11.1 Å². The van der Waals surface area contributed by atoms with Crippen LogP contribution in [0.5, 0.6) is 0 Å². The van der Waals surface area contributed by atoms with E-state index < -0.39 is 23.5 Å². The number of hydrogen-bond acceptors (Lipinski definition) is 5. The van der Waals surface area contributed by atoms with E-state index in [-0.39, 0.29) is 30.9 Å². The van der Waals surface area contributed by atoms with E-state index in [2.05, 4.69) is 15.3 Å². The Bertz CT molecular complexity index is 458. The summed E-state index contributed by atoms with van der Waals surface area (Å²) in [5.41, 5.74) is -1.27. The Hall–Kier alpha value is -1.62. The molecule has 0 spiro atoms. The first-order chi connectivity index (χ1) is 9.43. The Balaban J connectivity index is 3.18. The summed E-state index contributed by atoms with van der Waals surface area (Å²) in [5, 5.41) is 11.7.